The molecule has 1 aromatic rings. The van der Waals surface area contributed by atoms with Crippen LogP contribution in [-0.4, -0.2) is 20.0 Å². The van der Waals surface area contributed by atoms with E-state index in [-0.39, 0.29) is 5.75 Å². The lowest BCUT2D eigenvalue weighted by atomic mass is 10.2. The van der Waals surface area contributed by atoms with Crippen molar-refractivity contribution in [2.24, 2.45) is 0 Å². The van der Waals surface area contributed by atoms with E-state index in [2.05, 4.69) is 0 Å². The molecule has 0 amide bonds. The van der Waals surface area contributed by atoms with E-state index >= 15 is 0 Å². The fraction of sp³-hybridized carbons (Fsp3) is 0.364. The van der Waals surface area contributed by atoms with Crippen molar-refractivity contribution in [3.05, 3.63) is 33.8 Å². The lowest BCUT2D eigenvalue weighted by Gasteiger charge is -2.18. The second kappa shape index (κ2) is 5.38. The Morgan fingerprint density at radius 3 is 2.53 bits per heavy atom. The van der Waals surface area contributed by atoms with Gasteiger partial charge in [-0.15, -0.1) is 0 Å². The van der Waals surface area contributed by atoms with Crippen LogP contribution in [0.5, 0.6) is 0 Å². The van der Waals surface area contributed by atoms with Crippen LogP contribution >= 0.6 is 23.2 Å². The first-order valence-electron chi connectivity index (χ1n) is 4.81. The summed E-state index contributed by atoms with van der Waals surface area (Å²) in [6.07, 6.45) is 0. The molecular weight excluding hydrogens is 283 g/mol. The van der Waals surface area contributed by atoms with E-state index in [9.17, 15) is 9.00 Å². The highest BCUT2D eigenvalue weighted by Crippen LogP contribution is 2.25. The van der Waals surface area contributed by atoms with Crippen molar-refractivity contribution in [1.82, 2.24) is 0 Å². The minimum Gasteiger partial charge on any atom is -0.480 e. The van der Waals surface area contributed by atoms with Gasteiger partial charge in [-0.05, 0) is 37.6 Å². The van der Waals surface area contributed by atoms with Crippen LogP contribution in [0.15, 0.2) is 18.2 Å². The summed E-state index contributed by atoms with van der Waals surface area (Å²) in [6, 6.07) is 4.82. The van der Waals surface area contributed by atoms with Crippen LogP contribution in [0.25, 0.3) is 0 Å². The van der Waals surface area contributed by atoms with Gasteiger partial charge in [-0.2, -0.15) is 0 Å². The van der Waals surface area contributed by atoms with Gasteiger partial charge in [0, 0.05) is 20.8 Å². The number of benzene rings is 1. The van der Waals surface area contributed by atoms with E-state index in [1.165, 1.54) is 13.8 Å². The average molecular weight is 295 g/mol. The van der Waals surface area contributed by atoms with Crippen LogP contribution in [0.2, 0.25) is 10.0 Å². The summed E-state index contributed by atoms with van der Waals surface area (Å²) >= 11 is 11.7. The zero-order valence-electron chi connectivity index (χ0n) is 9.37. The maximum atomic E-state index is 12.0. The van der Waals surface area contributed by atoms with E-state index in [4.69, 9.17) is 28.3 Å². The fourth-order valence-corrected chi connectivity index (χ4v) is 2.61. The molecule has 0 aliphatic carbocycles. The van der Waals surface area contributed by atoms with E-state index in [1.54, 1.807) is 18.2 Å². The van der Waals surface area contributed by atoms with Crippen LogP contribution in [0.4, 0.5) is 0 Å². The van der Waals surface area contributed by atoms with Gasteiger partial charge < -0.3 is 5.11 Å². The molecule has 3 nitrogen and oxygen atoms in total. The fourth-order valence-electron chi connectivity index (χ4n) is 1.07. The molecule has 0 aliphatic heterocycles. The molecule has 94 valence electrons. The van der Waals surface area contributed by atoms with Gasteiger partial charge in [-0.25, -0.2) is 0 Å². The predicted molar refractivity (Wildman–Crippen MR) is 70.0 cm³/mol. The van der Waals surface area contributed by atoms with E-state index < -0.39 is 21.5 Å². The third-order valence-corrected chi connectivity index (χ3v) is 4.87. The highest BCUT2D eigenvalue weighted by atomic mass is 35.5. The van der Waals surface area contributed by atoms with Crippen molar-refractivity contribution in [3.63, 3.8) is 0 Å². The summed E-state index contributed by atoms with van der Waals surface area (Å²) in [6.45, 7) is 2.84. The molecule has 0 bridgehead atoms. The SMILES string of the molecule is CC(C)(C(=O)O)S(=O)Cc1cc(Cl)ccc1Cl. The number of rotatable bonds is 4. The van der Waals surface area contributed by atoms with Crippen molar-refractivity contribution < 1.29 is 14.1 Å². The van der Waals surface area contributed by atoms with Gasteiger partial charge in [0.05, 0.1) is 5.75 Å². The van der Waals surface area contributed by atoms with E-state index in [1.807, 2.05) is 0 Å². The van der Waals surface area contributed by atoms with Gasteiger partial charge in [0.15, 0.2) is 0 Å². The monoisotopic (exact) mass is 294 g/mol. The lowest BCUT2D eigenvalue weighted by Crippen LogP contribution is -2.37. The number of carbonyl (C=O) groups is 1. The van der Waals surface area contributed by atoms with Gasteiger partial charge in [0.2, 0.25) is 0 Å². The molecule has 0 radical (unpaired) electrons. The number of hydrogen-bond acceptors (Lipinski definition) is 2. The smallest absolute Gasteiger partial charge is 0.321 e. The molecule has 0 saturated carbocycles. The Morgan fingerprint density at radius 1 is 1.41 bits per heavy atom. The van der Waals surface area contributed by atoms with E-state index in [0.29, 0.717) is 15.6 Å². The van der Waals surface area contributed by atoms with Gasteiger partial charge in [-0.3, -0.25) is 9.00 Å². The van der Waals surface area contributed by atoms with Crippen molar-refractivity contribution in [1.29, 1.82) is 0 Å². The third-order valence-electron chi connectivity index (χ3n) is 2.38. The average Bonchev–Trinajstić information content (AvgIpc) is 2.23. The first-order chi connectivity index (χ1) is 7.75. The number of hydrogen-bond donors (Lipinski definition) is 1. The summed E-state index contributed by atoms with van der Waals surface area (Å²) in [5.74, 6) is -1.03. The number of carboxylic acid groups (broad SMARTS) is 1. The zero-order chi connectivity index (χ0) is 13.2. The minimum absolute atomic E-state index is 0.0681. The number of carboxylic acids is 1. The van der Waals surface area contributed by atoms with Crippen LogP contribution in [0, 0.1) is 0 Å². The molecule has 1 atom stereocenters. The van der Waals surface area contributed by atoms with Gasteiger partial charge in [0.25, 0.3) is 0 Å². The molecule has 17 heavy (non-hydrogen) atoms. The predicted octanol–water partition coefficient (Wildman–Crippen LogP) is 3.11. The topological polar surface area (TPSA) is 54.4 Å². The summed E-state index contributed by atoms with van der Waals surface area (Å²) in [4.78, 5) is 11.0. The van der Waals surface area contributed by atoms with Crippen molar-refractivity contribution >= 4 is 40.0 Å². The molecule has 0 aliphatic rings. The summed E-state index contributed by atoms with van der Waals surface area (Å²) in [7, 11) is -1.57. The van der Waals surface area contributed by atoms with Gasteiger partial charge >= 0.3 is 5.97 Å². The normalized spacial score (nSPS) is 13.4. The zero-order valence-corrected chi connectivity index (χ0v) is 11.7. The van der Waals surface area contributed by atoms with E-state index in [0.717, 1.165) is 0 Å². The first kappa shape index (κ1) is 14.5. The quantitative estimate of drug-likeness (QED) is 0.928. The molecule has 0 spiro atoms. The Hall–Kier alpha value is -0.580. The summed E-state index contributed by atoms with van der Waals surface area (Å²) < 4.78 is 10.7. The Morgan fingerprint density at radius 2 is 2.00 bits per heavy atom. The molecule has 0 aromatic heterocycles. The maximum Gasteiger partial charge on any atom is 0.321 e. The lowest BCUT2D eigenvalue weighted by molar-refractivity contribution is -0.139. The highest BCUT2D eigenvalue weighted by Gasteiger charge is 2.34. The standard InChI is InChI=1S/C11H12Cl2O3S/c1-11(2,10(14)15)17(16)6-7-5-8(12)3-4-9(7)13/h3-5H,6H2,1-2H3,(H,14,15). The molecular formula is C11H12Cl2O3S. The number of halogens is 2. The van der Waals surface area contributed by atoms with Crippen molar-refractivity contribution in [2.75, 3.05) is 0 Å². The molecule has 0 saturated heterocycles. The summed E-state index contributed by atoms with van der Waals surface area (Å²) in [5, 5.41) is 9.88. The van der Waals surface area contributed by atoms with Crippen LogP contribution in [-0.2, 0) is 21.3 Å². The van der Waals surface area contributed by atoms with Crippen molar-refractivity contribution in [2.45, 2.75) is 24.3 Å². The molecule has 0 heterocycles. The maximum absolute atomic E-state index is 12.0. The molecule has 6 heteroatoms. The largest absolute Gasteiger partial charge is 0.480 e. The van der Waals surface area contributed by atoms with Gasteiger partial charge in [0.1, 0.15) is 4.75 Å². The highest BCUT2D eigenvalue weighted by molar-refractivity contribution is 7.86. The number of aliphatic carboxylic acids is 1. The van der Waals surface area contributed by atoms with Crippen LogP contribution in [0.1, 0.15) is 19.4 Å². The molecule has 1 unspecified atom stereocenters. The van der Waals surface area contributed by atoms with Gasteiger partial charge in [-0.1, -0.05) is 23.2 Å². The third kappa shape index (κ3) is 3.44. The second-order valence-electron chi connectivity index (χ2n) is 4.04. The molecule has 1 rings (SSSR count). The molecule has 1 N–H and O–H groups in total. The Balaban J connectivity index is 2.96. The Labute approximate surface area is 112 Å². The second-order valence-corrected chi connectivity index (χ2v) is 6.89. The van der Waals surface area contributed by atoms with Crippen LogP contribution < -0.4 is 0 Å². The Bertz CT molecular complexity index is 472. The van der Waals surface area contributed by atoms with Crippen LogP contribution in [0.3, 0.4) is 0 Å². The summed E-state index contributed by atoms with van der Waals surface area (Å²) in [5.41, 5.74) is 0.590. The Kier molecular flexibility index (Phi) is 4.58. The first-order valence-corrected chi connectivity index (χ1v) is 6.88. The molecule has 0 fully saturated rings. The molecule has 1 aromatic carbocycles. The van der Waals surface area contributed by atoms with Crippen molar-refractivity contribution in [3.8, 4) is 0 Å². The minimum atomic E-state index is -1.57.